The first-order chi connectivity index (χ1) is 10.6. The molecule has 0 bridgehead atoms. The SMILES string of the molecule is Cc1cccc(C(=O)N(C)Cc2ccc3ccccc3c2)c1. The van der Waals surface area contributed by atoms with Crippen LogP contribution in [-0.4, -0.2) is 17.9 Å². The molecule has 0 spiro atoms. The van der Waals surface area contributed by atoms with Gasteiger partial charge in [0.15, 0.2) is 0 Å². The number of hydrogen-bond donors (Lipinski definition) is 0. The molecule has 3 aromatic rings. The van der Waals surface area contributed by atoms with Gasteiger partial charge in [0.05, 0.1) is 0 Å². The average Bonchev–Trinajstić information content (AvgIpc) is 2.54. The maximum atomic E-state index is 12.5. The van der Waals surface area contributed by atoms with Crippen molar-refractivity contribution in [3.8, 4) is 0 Å². The second-order valence-electron chi connectivity index (χ2n) is 5.71. The molecule has 0 aromatic heterocycles. The highest BCUT2D eigenvalue weighted by Crippen LogP contribution is 2.17. The molecule has 0 aliphatic rings. The number of fused-ring (bicyclic) bond motifs is 1. The predicted octanol–water partition coefficient (Wildman–Crippen LogP) is 4.42. The summed E-state index contributed by atoms with van der Waals surface area (Å²) in [6.45, 7) is 2.61. The summed E-state index contributed by atoms with van der Waals surface area (Å²) in [4.78, 5) is 14.3. The highest BCUT2D eigenvalue weighted by Gasteiger charge is 2.12. The second-order valence-corrected chi connectivity index (χ2v) is 5.71. The van der Waals surface area contributed by atoms with E-state index in [-0.39, 0.29) is 5.91 Å². The Morgan fingerprint density at radius 2 is 1.68 bits per heavy atom. The summed E-state index contributed by atoms with van der Waals surface area (Å²) in [5.41, 5.74) is 2.98. The summed E-state index contributed by atoms with van der Waals surface area (Å²) in [5, 5.41) is 2.43. The molecule has 0 aliphatic carbocycles. The van der Waals surface area contributed by atoms with Crippen LogP contribution in [0.5, 0.6) is 0 Å². The van der Waals surface area contributed by atoms with Crippen molar-refractivity contribution in [2.45, 2.75) is 13.5 Å². The van der Waals surface area contributed by atoms with Crippen LogP contribution < -0.4 is 0 Å². The standard InChI is InChI=1S/C20H19NO/c1-15-6-5-9-19(12-15)20(22)21(2)14-16-10-11-17-7-3-4-8-18(17)13-16/h3-13H,14H2,1-2H3. The van der Waals surface area contributed by atoms with Gasteiger partial charge in [0.2, 0.25) is 0 Å². The fourth-order valence-corrected chi connectivity index (χ4v) is 2.68. The number of amides is 1. The minimum Gasteiger partial charge on any atom is -0.337 e. The molecule has 110 valence electrons. The largest absolute Gasteiger partial charge is 0.337 e. The summed E-state index contributed by atoms with van der Waals surface area (Å²) in [5.74, 6) is 0.0526. The summed E-state index contributed by atoms with van der Waals surface area (Å²) >= 11 is 0. The Bertz CT molecular complexity index is 823. The zero-order valence-electron chi connectivity index (χ0n) is 12.9. The zero-order chi connectivity index (χ0) is 15.5. The molecule has 3 aromatic carbocycles. The molecule has 0 saturated heterocycles. The van der Waals surface area contributed by atoms with Crippen molar-refractivity contribution in [2.24, 2.45) is 0 Å². The summed E-state index contributed by atoms with van der Waals surface area (Å²) in [7, 11) is 1.85. The lowest BCUT2D eigenvalue weighted by molar-refractivity contribution is 0.0785. The van der Waals surface area contributed by atoms with E-state index in [1.807, 2.05) is 50.4 Å². The third-order valence-corrected chi connectivity index (χ3v) is 3.85. The topological polar surface area (TPSA) is 20.3 Å². The van der Waals surface area contributed by atoms with Crippen LogP contribution in [0.1, 0.15) is 21.5 Å². The molecule has 0 unspecified atom stereocenters. The Labute approximate surface area is 131 Å². The summed E-state index contributed by atoms with van der Waals surface area (Å²) < 4.78 is 0. The molecule has 0 atom stereocenters. The van der Waals surface area contributed by atoms with E-state index >= 15 is 0 Å². The van der Waals surface area contributed by atoms with E-state index in [0.29, 0.717) is 6.54 Å². The second kappa shape index (κ2) is 6.02. The summed E-state index contributed by atoms with van der Waals surface area (Å²) in [6, 6.07) is 22.3. The van der Waals surface area contributed by atoms with E-state index in [1.54, 1.807) is 4.90 Å². The minimum absolute atomic E-state index is 0.0526. The Hall–Kier alpha value is -2.61. The van der Waals surface area contributed by atoms with E-state index < -0.39 is 0 Å². The van der Waals surface area contributed by atoms with Gasteiger partial charge in [-0.2, -0.15) is 0 Å². The molecule has 3 rings (SSSR count). The normalized spacial score (nSPS) is 10.6. The average molecular weight is 289 g/mol. The van der Waals surface area contributed by atoms with Crippen molar-refractivity contribution in [3.63, 3.8) is 0 Å². The first kappa shape index (κ1) is 14.3. The Morgan fingerprint density at radius 1 is 0.909 bits per heavy atom. The van der Waals surface area contributed by atoms with E-state index in [1.165, 1.54) is 10.8 Å². The fourth-order valence-electron chi connectivity index (χ4n) is 2.68. The molecule has 0 saturated carbocycles. The lowest BCUT2D eigenvalue weighted by Crippen LogP contribution is -2.26. The van der Waals surface area contributed by atoms with Gasteiger partial charge in [0.25, 0.3) is 5.91 Å². The van der Waals surface area contributed by atoms with Crippen molar-refractivity contribution < 1.29 is 4.79 Å². The van der Waals surface area contributed by atoms with E-state index in [2.05, 4.69) is 30.3 Å². The fraction of sp³-hybridized carbons (Fsp3) is 0.150. The molecule has 0 N–H and O–H groups in total. The number of carbonyl (C=O) groups is 1. The molecular weight excluding hydrogens is 270 g/mol. The van der Waals surface area contributed by atoms with Crippen LogP contribution in [0.2, 0.25) is 0 Å². The molecule has 0 heterocycles. The predicted molar refractivity (Wildman–Crippen MR) is 90.9 cm³/mol. The number of hydrogen-bond acceptors (Lipinski definition) is 1. The van der Waals surface area contributed by atoms with E-state index in [4.69, 9.17) is 0 Å². The number of nitrogens with zero attached hydrogens (tertiary/aromatic N) is 1. The molecule has 0 aliphatic heterocycles. The van der Waals surface area contributed by atoms with Crippen LogP contribution in [0.15, 0.2) is 66.7 Å². The molecule has 2 nitrogen and oxygen atoms in total. The third kappa shape index (κ3) is 3.01. The van der Waals surface area contributed by atoms with Gasteiger partial charge in [-0.1, -0.05) is 54.1 Å². The Morgan fingerprint density at radius 3 is 2.45 bits per heavy atom. The van der Waals surface area contributed by atoms with Crippen LogP contribution in [0, 0.1) is 6.92 Å². The molecule has 0 fully saturated rings. The van der Waals surface area contributed by atoms with Crippen LogP contribution in [-0.2, 0) is 6.54 Å². The molecular formula is C20H19NO. The van der Waals surface area contributed by atoms with Gasteiger partial charge in [0.1, 0.15) is 0 Å². The maximum Gasteiger partial charge on any atom is 0.253 e. The van der Waals surface area contributed by atoms with Crippen LogP contribution >= 0.6 is 0 Å². The first-order valence-electron chi connectivity index (χ1n) is 7.43. The van der Waals surface area contributed by atoms with Gasteiger partial charge in [-0.3, -0.25) is 4.79 Å². The molecule has 1 amide bonds. The molecule has 2 heteroatoms. The Balaban J connectivity index is 1.80. The smallest absolute Gasteiger partial charge is 0.253 e. The number of carbonyl (C=O) groups excluding carboxylic acids is 1. The molecule has 0 radical (unpaired) electrons. The number of aryl methyl sites for hydroxylation is 1. The van der Waals surface area contributed by atoms with Gasteiger partial charge in [0, 0.05) is 19.2 Å². The monoisotopic (exact) mass is 289 g/mol. The van der Waals surface area contributed by atoms with E-state index in [9.17, 15) is 4.79 Å². The highest BCUT2D eigenvalue weighted by atomic mass is 16.2. The zero-order valence-corrected chi connectivity index (χ0v) is 12.9. The van der Waals surface area contributed by atoms with E-state index in [0.717, 1.165) is 16.7 Å². The maximum absolute atomic E-state index is 12.5. The van der Waals surface area contributed by atoms with Gasteiger partial charge in [-0.15, -0.1) is 0 Å². The number of rotatable bonds is 3. The van der Waals surface area contributed by atoms with Crippen molar-refractivity contribution >= 4 is 16.7 Å². The van der Waals surface area contributed by atoms with Crippen LogP contribution in [0.3, 0.4) is 0 Å². The van der Waals surface area contributed by atoms with Crippen molar-refractivity contribution in [1.82, 2.24) is 4.90 Å². The van der Waals surface area contributed by atoms with Crippen molar-refractivity contribution in [3.05, 3.63) is 83.4 Å². The lowest BCUT2D eigenvalue weighted by Gasteiger charge is -2.18. The van der Waals surface area contributed by atoms with Gasteiger partial charge < -0.3 is 4.90 Å². The van der Waals surface area contributed by atoms with Gasteiger partial charge in [-0.25, -0.2) is 0 Å². The van der Waals surface area contributed by atoms with Crippen molar-refractivity contribution in [2.75, 3.05) is 7.05 Å². The van der Waals surface area contributed by atoms with Gasteiger partial charge in [-0.05, 0) is 41.5 Å². The highest BCUT2D eigenvalue weighted by molar-refractivity contribution is 5.94. The third-order valence-electron chi connectivity index (χ3n) is 3.85. The summed E-state index contributed by atoms with van der Waals surface area (Å²) in [6.07, 6.45) is 0. The van der Waals surface area contributed by atoms with Crippen LogP contribution in [0.4, 0.5) is 0 Å². The first-order valence-corrected chi connectivity index (χ1v) is 7.43. The minimum atomic E-state index is 0.0526. The quantitative estimate of drug-likeness (QED) is 0.699. The molecule has 22 heavy (non-hydrogen) atoms. The van der Waals surface area contributed by atoms with Crippen LogP contribution in [0.25, 0.3) is 10.8 Å². The number of benzene rings is 3. The van der Waals surface area contributed by atoms with Gasteiger partial charge >= 0.3 is 0 Å². The lowest BCUT2D eigenvalue weighted by atomic mass is 10.1. The Kier molecular flexibility index (Phi) is 3.92. The van der Waals surface area contributed by atoms with Crippen molar-refractivity contribution in [1.29, 1.82) is 0 Å².